The van der Waals surface area contributed by atoms with E-state index in [4.69, 9.17) is 0 Å². The Balaban J connectivity index is 1.70. The average Bonchev–Trinajstić information content (AvgIpc) is 2.60. The molecule has 0 saturated carbocycles. The van der Waals surface area contributed by atoms with E-state index in [2.05, 4.69) is 15.3 Å². The Hall–Kier alpha value is -2.74. The van der Waals surface area contributed by atoms with E-state index in [0.29, 0.717) is 16.1 Å². The van der Waals surface area contributed by atoms with Crippen molar-refractivity contribution in [3.05, 3.63) is 64.4 Å². The molecule has 0 atom stereocenters. The molecule has 2 aromatic carbocycles. The van der Waals surface area contributed by atoms with Crippen LogP contribution >= 0.6 is 11.8 Å². The molecular weight excluding hydrogens is 348 g/mol. The van der Waals surface area contributed by atoms with E-state index in [1.807, 2.05) is 0 Å². The van der Waals surface area contributed by atoms with Crippen molar-refractivity contribution >= 4 is 34.3 Å². The highest BCUT2D eigenvalue weighted by Gasteiger charge is 2.14. The highest BCUT2D eigenvalue weighted by atomic mass is 32.2. The molecule has 5 nitrogen and oxygen atoms in total. The zero-order valence-corrected chi connectivity index (χ0v) is 13.6. The minimum Gasteiger partial charge on any atom is -0.325 e. The van der Waals surface area contributed by atoms with Gasteiger partial charge in [-0.1, -0.05) is 42.1 Å². The van der Waals surface area contributed by atoms with Crippen LogP contribution in [0.3, 0.4) is 0 Å². The van der Waals surface area contributed by atoms with Gasteiger partial charge >= 0.3 is 0 Å². The maximum Gasteiger partial charge on any atom is 0.265 e. The molecule has 3 aromatic rings. The summed E-state index contributed by atoms with van der Waals surface area (Å²) in [5.41, 5.74) is 0.0647. The van der Waals surface area contributed by atoms with Gasteiger partial charge in [0.15, 0.2) is 5.16 Å². The van der Waals surface area contributed by atoms with Gasteiger partial charge in [-0.3, -0.25) is 9.59 Å². The molecule has 3 rings (SSSR count). The van der Waals surface area contributed by atoms with E-state index in [1.165, 1.54) is 18.2 Å². The number of aromatic nitrogens is 2. The normalized spacial score (nSPS) is 11.0. The van der Waals surface area contributed by atoms with Crippen molar-refractivity contribution in [1.29, 1.82) is 0 Å². The molecule has 0 unspecified atom stereocenters. The fourth-order valence-electron chi connectivity index (χ4n) is 2.25. The fraction of sp³-hybridized carbons (Fsp3) is 0.118. The molecule has 0 bridgehead atoms. The summed E-state index contributed by atoms with van der Waals surface area (Å²) in [5.74, 6) is -0.535. The number of hydrogen-bond acceptors (Lipinski definition) is 4. The Morgan fingerprint density at radius 3 is 2.68 bits per heavy atom. The van der Waals surface area contributed by atoms with Crippen molar-refractivity contribution in [2.24, 2.45) is 0 Å². The summed E-state index contributed by atoms with van der Waals surface area (Å²) in [6.45, 7) is 0. The quantitative estimate of drug-likeness (QED) is 0.538. The lowest BCUT2D eigenvalue weighted by molar-refractivity contribution is -0.113. The first-order valence-electron chi connectivity index (χ1n) is 7.33. The maximum atomic E-state index is 12.9. The first kappa shape index (κ1) is 17.1. The number of thioether (sulfide) groups is 1. The summed E-state index contributed by atoms with van der Waals surface area (Å²) >= 11 is 1.02. The number of amides is 1. The standard InChI is InChI=1S/C17H13F2N3O2S/c18-15(19)10-5-1-3-7-12(10)20-14(23)9-25-17-21-13-8-4-2-6-11(13)16(24)22-17/h1-8,15H,9H2,(H,20,23)(H,21,22,24). The number of para-hydroxylation sites is 2. The predicted octanol–water partition coefficient (Wildman–Crippen LogP) is 3.59. The van der Waals surface area contributed by atoms with E-state index >= 15 is 0 Å². The van der Waals surface area contributed by atoms with Gasteiger partial charge in [0.2, 0.25) is 5.91 Å². The van der Waals surface area contributed by atoms with Crippen molar-refractivity contribution in [2.75, 3.05) is 11.1 Å². The van der Waals surface area contributed by atoms with Crippen LogP contribution in [0.15, 0.2) is 58.5 Å². The molecule has 0 aliphatic heterocycles. The third-order valence-corrected chi connectivity index (χ3v) is 4.27. The van der Waals surface area contributed by atoms with Crippen molar-refractivity contribution in [3.63, 3.8) is 0 Å². The molecule has 0 spiro atoms. The molecule has 1 heterocycles. The number of hydrogen-bond donors (Lipinski definition) is 2. The SMILES string of the molecule is O=C(CSc1nc2ccccc2c(=O)[nH]1)Nc1ccccc1C(F)F. The molecule has 0 radical (unpaired) electrons. The number of fused-ring (bicyclic) bond motifs is 1. The fourth-order valence-corrected chi connectivity index (χ4v) is 2.92. The molecule has 0 saturated heterocycles. The lowest BCUT2D eigenvalue weighted by Crippen LogP contribution is -2.16. The van der Waals surface area contributed by atoms with Crippen LogP contribution in [-0.4, -0.2) is 21.6 Å². The molecule has 0 aliphatic rings. The molecule has 0 aliphatic carbocycles. The number of aromatic amines is 1. The van der Waals surface area contributed by atoms with Crippen molar-refractivity contribution in [3.8, 4) is 0 Å². The van der Waals surface area contributed by atoms with Gasteiger partial charge in [0.25, 0.3) is 12.0 Å². The van der Waals surface area contributed by atoms with E-state index in [0.717, 1.165) is 11.8 Å². The summed E-state index contributed by atoms with van der Waals surface area (Å²) in [4.78, 5) is 30.8. The number of benzene rings is 2. The molecule has 1 amide bonds. The van der Waals surface area contributed by atoms with Gasteiger partial charge in [-0.25, -0.2) is 13.8 Å². The van der Waals surface area contributed by atoms with Crippen LogP contribution in [0.5, 0.6) is 0 Å². The second-order valence-electron chi connectivity index (χ2n) is 5.11. The molecule has 128 valence electrons. The van der Waals surface area contributed by atoms with Gasteiger partial charge in [0.1, 0.15) is 0 Å². The predicted molar refractivity (Wildman–Crippen MR) is 93.1 cm³/mol. The van der Waals surface area contributed by atoms with E-state index in [-0.39, 0.29) is 22.6 Å². The number of nitrogens with zero attached hydrogens (tertiary/aromatic N) is 1. The third kappa shape index (κ3) is 4.03. The zero-order chi connectivity index (χ0) is 17.8. The molecule has 25 heavy (non-hydrogen) atoms. The van der Waals surface area contributed by atoms with Crippen LogP contribution in [-0.2, 0) is 4.79 Å². The van der Waals surface area contributed by atoms with Crippen LogP contribution in [0.2, 0.25) is 0 Å². The topological polar surface area (TPSA) is 74.8 Å². The number of rotatable bonds is 5. The van der Waals surface area contributed by atoms with Crippen molar-refractivity contribution in [1.82, 2.24) is 9.97 Å². The third-order valence-electron chi connectivity index (χ3n) is 3.40. The largest absolute Gasteiger partial charge is 0.325 e. The van der Waals surface area contributed by atoms with E-state index in [9.17, 15) is 18.4 Å². The first-order valence-corrected chi connectivity index (χ1v) is 8.32. The van der Waals surface area contributed by atoms with Crippen molar-refractivity contribution < 1.29 is 13.6 Å². The first-order chi connectivity index (χ1) is 12.0. The monoisotopic (exact) mass is 361 g/mol. The number of halogens is 2. The summed E-state index contributed by atoms with van der Waals surface area (Å²) in [7, 11) is 0. The Morgan fingerprint density at radius 1 is 1.16 bits per heavy atom. The lowest BCUT2D eigenvalue weighted by atomic mass is 10.2. The number of carbonyl (C=O) groups is 1. The molecule has 8 heteroatoms. The maximum absolute atomic E-state index is 12.9. The molecule has 1 aromatic heterocycles. The Bertz CT molecular complexity index is 975. The van der Waals surface area contributed by atoms with Gasteiger partial charge in [-0.2, -0.15) is 0 Å². The van der Waals surface area contributed by atoms with Crippen LogP contribution in [0, 0.1) is 0 Å². The van der Waals surface area contributed by atoms with Gasteiger partial charge in [0.05, 0.1) is 16.7 Å². The lowest BCUT2D eigenvalue weighted by Gasteiger charge is -2.10. The minimum atomic E-state index is -2.68. The average molecular weight is 361 g/mol. The zero-order valence-electron chi connectivity index (χ0n) is 12.8. The van der Waals surface area contributed by atoms with Crippen LogP contribution < -0.4 is 10.9 Å². The summed E-state index contributed by atoms with van der Waals surface area (Å²) in [6.07, 6.45) is -2.68. The summed E-state index contributed by atoms with van der Waals surface area (Å²) in [6, 6.07) is 12.6. The Labute approximate surface area is 145 Å². The van der Waals surface area contributed by atoms with E-state index < -0.39 is 12.3 Å². The minimum absolute atomic E-state index is 0.0706. The van der Waals surface area contributed by atoms with Gasteiger partial charge in [-0.05, 0) is 18.2 Å². The molecule has 2 N–H and O–H groups in total. The van der Waals surface area contributed by atoms with Gasteiger partial charge in [0, 0.05) is 11.3 Å². The van der Waals surface area contributed by atoms with Crippen LogP contribution in [0.25, 0.3) is 10.9 Å². The second-order valence-corrected chi connectivity index (χ2v) is 6.08. The number of alkyl halides is 2. The van der Waals surface area contributed by atoms with Crippen molar-refractivity contribution in [2.45, 2.75) is 11.6 Å². The molecule has 0 fully saturated rings. The number of H-pyrrole nitrogens is 1. The highest BCUT2D eigenvalue weighted by molar-refractivity contribution is 7.99. The number of carbonyl (C=O) groups excluding carboxylic acids is 1. The highest BCUT2D eigenvalue weighted by Crippen LogP contribution is 2.26. The molecular formula is C17H13F2N3O2S. The number of anilines is 1. The summed E-state index contributed by atoms with van der Waals surface area (Å²) < 4.78 is 25.8. The van der Waals surface area contributed by atoms with Crippen LogP contribution in [0.1, 0.15) is 12.0 Å². The Kier molecular flexibility index (Phi) is 5.08. The van der Waals surface area contributed by atoms with E-state index in [1.54, 1.807) is 30.3 Å². The summed E-state index contributed by atoms with van der Waals surface area (Å²) in [5, 5.41) is 3.21. The smallest absolute Gasteiger partial charge is 0.265 e. The second kappa shape index (κ2) is 7.43. The number of nitrogens with one attached hydrogen (secondary N) is 2. The van der Waals surface area contributed by atoms with Gasteiger partial charge < -0.3 is 10.3 Å². The Morgan fingerprint density at radius 2 is 1.88 bits per heavy atom. The van der Waals surface area contributed by atoms with Crippen LogP contribution in [0.4, 0.5) is 14.5 Å². The van der Waals surface area contributed by atoms with Gasteiger partial charge in [-0.15, -0.1) is 0 Å².